The van der Waals surface area contributed by atoms with E-state index in [0.717, 1.165) is 18.9 Å². The molecule has 8 nitrogen and oxygen atoms in total. The van der Waals surface area contributed by atoms with E-state index < -0.39 is 9.85 Å². The fourth-order valence-electron chi connectivity index (χ4n) is 1.59. The molecule has 0 amide bonds. The molecule has 0 aliphatic heterocycles. The van der Waals surface area contributed by atoms with Crippen molar-refractivity contribution in [2.24, 2.45) is 11.0 Å². The minimum atomic E-state index is -0.679. The molecular formula is C12H16N4O4. The van der Waals surface area contributed by atoms with Crippen molar-refractivity contribution < 1.29 is 9.85 Å². The first-order valence-corrected chi connectivity index (χ1v) is 6.21. The van der Waals surface area contributed by atoms with E-state index in [4.69, 9.17) is 0 Å². The Hall–Kier alpha value is -2.51. The Morgan fingerprint density at radius 3 is 2.40 bits per heavy atom. The summed E-state index contributed by atoms with van der Waals surface area (Å²) < 4.78 is 0. The van der Waals surface area contributed by atoms with Crippen molar-refractivity contribution in [1.82, 2.24) is 0 Å². The summed E-state index contributed by atoms with van der Waals surface area (Å²) in [6.45, 7) is 4.04. The van der Waals surface area contributed by atoms with Gasteiger partial charge in [-0.1, -0.05) is 13.8 Å². The maximum atomic E-state index is 10.9. The van der Waals surface area contributed by atoms with Crippen LogP contribution in [0.15, 0.2) is 23.3 Å². The number of nitro benzene ring substituents is 2. The number of nitrogens with zero attached hydrogens (tertiary/aromatic N) is 3. The highest BCUT2D eigenvalue weighted by atomic mass is 16.6. The van der Waals surface area contributed by atoms with Crippen LogP contribution in [0.4, 0.5) is 17.1 Å². The average Bonchev–Trinajstić information content (AvgIpc) is 2.43. The molecule has 20 heavy (non-hydrogen) atoms. The lowest BCUT2D eigenvalue weighted by Crippen LogP contribution is -2.02. The number of rotatable bonds is 7. The molecule has 0 aliphatic rings. The van der Waals surface area contributed by atoms with E-state index in [1.807, 2.05) is 13.8 Å². The third-order valence-corrected chi connectivity index (χ3v) is 2.91. The van der Waals surface area contributed by atoms with E-state index in [9.17, 15) is 20.2 Å². The molecule has 0 fully saturated rings. The third-order valence-electron chi connectivity index (χ3n) is 2.91. The number of non-ortho nitro benzene ring substituents is 1. The third kappa shape index (κ3) is 4.01. The molecule has 8 heteroatoms. The largest absolute Gasteiger partial charge is 0.301 e. The molecule has 0 bridgehead atoms. The number of hydrazone groups is 1. The van der Waals surface area contributed by atoms with Gasteiger partial charge < -0.3 is 0 Å². The standard InChI is InChI=1S/C12H16N4O4/c1-3-9(4-2)8-13-14-11-6-5-10(15(17)18)7-12(11)16(19)20/h5-9,14H,3-4H2,1-2H3/b13-8+. The van der Waals surface area contributed by atoms with Gasteiger partial charge >= 0.3 is 5.69 Å². The van der Waals surface area contributed by atoms with Crippen molar-refractivity contribution >= 4 is 23.3 Å². The van der Waals surface area contributed by atoms with E-state index in [2.05, 4.69) is 10.5 Å². The van der Waals surface area contributed by atoms with Gasteiger partial charge in [0.25, 0.3) is 5.69 Å². The molecule has 1 aromatic rings. The molecule has 1 aromatic carbocycles. The summed E-state index contributed by atoms with van der Waals surface area (Å²) in [7, 11) is 0. The van der Waals surface area contributed by atoms with Crippen molar-refractivity contribution in [2.45, 2.75) is 26.7 Å². The van der Waals surface area contributed by atoms with E-state index in [0.29, 0.717) is 5.92 Å². The van der Waals surface area contributed by atoms with Gasteiger partial charge in [-0.25, -0.2) is 0 Å². The van der Waals surface area contributed by atoms with Gasteiger partial charge in [-0.05, 0) is 24.8 Å². The topological polar surface area (TPSA) is 111 Å². The molecule has 0 spiro atoms. The highest BCUT2D eigenvalue weighted by Crippen LogP contribution is 2.28. The predicted molar refractivity (Wildman–Crippen MR) is 75.9 cm³/mol. The number of hydrogen-bond acceptors (Lipinski definition) is 6. The van der Waals surface area contributed by atoms with Crippen LogP contribution in [0.1, 0.15) is 26.7 Å². The molecule has 0 radical (unpaired) electrons. The average molecular weight is 280 g/mol. The van der Waals surface area contributed by atoms with Crippen LogP contribution in [0, 0.1) is 26.1 Å². The molecular weight excluding hydrogens is 264 g/mol. The first-order valence-electron chi connectivity index (χ1n) is 6.21. The van der Waals surface area contributed by atoms with Crippen LogP contribution in [-0.4, -0.2) is 16.1 Å². The summed E-state index contributed by atoms with van der Waals surface area (Å²) >= 11 is 0. The Bertz CT molecular complexity index is 526. The van der Waals surface area contributed by atoms with Crippen molar-refractivity contribution in [3.05, 3.63) is 38.4 Å². The maximum absolute atomic E-state index is 10.9. The fourth-order valence-corrected chi connectivity index (χ4v) is 1.59. The number of benzene rings is 1. The number of anilines is 1. The molecule has 108 valence electrons. The van der Waals surface area contributed by atoms with Crippen LogP contribution in [-0.2, 0) is 0 Å². The van der Waals surface area contributed by atoms with Crippen molar-refractivity contribution in [3.63, 3.8) is 0 Å². The van der Waals surface area contributed by atoms with Gasteiger partial charge in [0.15, 0.2) is 0 Å². The Kier molecular flexibility index (Phi) is 5.57. The number of nitrogens with one attached hydrogen (secondary N) is 1. The van der Waals surface area contributed by atoms with Gasteiger partial charge in [-0.2, -0.15) is 5.10 Å². The van der Waals surface area contributed by atoms with Crippen LogP contribution < -0.4 is 5.43 Å². The van der Waals surface area contributed by atoms with E-state index in [-0.39, 0.29) is 17.1 Å². The highest BCUT2D eigenvalue weighted by molar-refractivity contribution is 5.68. The molecule has 0 heterocycles. The lowest BCUT2D eigenvalue weighted by Gasteiger charge is -2.05. The Morgan fingerprint density at radius 2 is 1.90 bits per heavy atom. The van der Waals surface area contributed by atoms with Crippen molar-refractivity contribution in [3.8, 4) is 0 Å². The van der Waals surface area contributed by atoms with Gasteiger partial charge in [-0.15, -0.1) is 0 Å². The SMILES string of the molecule is CCC(/C=N/Nc1ccc([N+](=O)[O-])cc1[N+](=O)[O-])CC. The van der Waals surface area contributed by atoms with E-state index in [1.165, 1.54) is 12.1 Å². The Balaban J connectivity index is 2.95. The second-order valence-electron chi connectivity index (χ2n) is 4.18. The lowest BCUT2D eigenvalue weighted by atomic mass is 10.1. The second kappa shape index (κ2) is 7.17. The molecule has 0 saturated heterocycles. The van der Waals surface area contributed by atoms with Crippen LogP contribution >= 0.6 is 0 Å². The zero-order valence-corrected chi connectivity index (χ0v) is 11.3. The van der Waals surface area contributed by atoms with Crippen LogP contribution in [0.3, 0.4) is 0 Å². The summed E-state index contributed by atoms with van der Waals surface area (Å²) in [5, 5.41) is 25.4. The van der Waals surface area contributed by atoms with E-state index in [1.54, 1.807) is 6.21 Å². The molecule has 0 atom stereocenters. The lowest BCUT2D eigenvalue weighted by molar-refractivity contribution is -0.393. The van der Waals surface area contributed by atoms with Gasteiger partial charge in [0.2, 0.25) is 0 Å². The molecule has 0 aromatic heterocycles. The Morgan fingerprint density at radius 1 is 1.25 bits per heavy atom. The molecule has 1 rings (SSSR count). The number of nitro groups is 2. The quantitative estimate of drug-likeness (QED) is 0.467. The van der Waals surface area contributed by atoms with Gasteiger partial charge in [0, 0.05) is 12.3 Å². The van der Waals surface area contributed by atoms with E-state index >= 15 is 0 Å². The second-order valence-corrected chi connectivity index (χ2v) is 4.18. The van der Waals surface area contributed by atoms with Crippen LogP contribution in [0.5, 0.6) is 0 Å². The van der Waals surface area contributed by atoms with Crippen LogP contribution in [0.25, 0.3) is 0 Å². The number of hydrogen-bond donors (Lipinski definition) is 1. The Labute approximate surface area is 115 Å². The maximum Gasteiger partial charge on any atom is 0.301 e. The first-order chi connectivity index (χ1) is 9.49. The smallest absolute Gasteiger partial charge is 0.272 e. The summed E-state index contributed by atoms with van der Waals surface area (Å²) in [5.74, 6) is 0.291. The summed E-state index contributed by atoms with van der Waals surface area (Å²) in [4.78, 5) is 20.1. The minimum Gasteiger partial charge on any atom is -0.272 e. The zero-order chi connectivity index (χ0) is 15.1. The van der Waals surface area contributed by atoms with Crippen molar-refractivity contribution in [2.75, 3.05) is 5.43 Å². The zero-order valence-electron chi connectivity index (χ0n) is 11.3. The molecule has 0 unspecified atom stereocenters. The van der Waals surface area contributed by atoms with Crippen LogP contribution in [0.2, 0.25) is 0 Å². The van der Waals surface area contributed by atoms with Gasteiger partial charge in [0.1, 0.15) is 5.69 Å². The fraction of sp³-hybridized carbons (Fsp3) is 0.417. The first kappa shape index (κ1) is 15.5. The summed E-state index contributed by atoms with van der Waals surface area (Å²) in [5.41, 5.74) is 1.99. The normalized spacial score (nSPS) is 10.9. The monoisotopic (exact) mass is 280 g/mol. The summed E-state index contributed by atoms with van der Waals surface area (Å²) in [6, 6.07) is 3.39. The van der Waals surface area contributed by atoms with Crippen molar-refractivity contribution in [1.29, 1.82) is 0 Å². The molecule has 1 N–H and O–H groups in total. The highest BCUT2D eigenvalue weighted by Gasteiger charge is 2.19. The van der Waals surface area contributed by atoms with Gasteiger partial charge in [0.05, 0.1) is 15.9 Å². The predicted octanol–water partition coefficient (Wildman–Crippen LogP) is 3.34. The minimum absolute atomic E-state index is 0.128. The molecule has 0 saturated carbocycles. The molecule has 0 aliphatic carbocycles. The summed E-state index contributed by atoms with van der Waals surface area (Å²) in [6.07, 6.45) is 3.53. The van der Waals surface area contributed by atoms with Gasteiger partial charge in [-0.3, -0.25) is 25.7 Å².